The Labute approximate surface area is 150 Å². The Kier molecular flexibility index (Phi) is 4.12. The zero-order chi connectivity index (χ0) is 18.1. The fraction of sp³-hybridized carbons (Fsp3) is 0.263. The third-order valence-corrected chi connectivity index (χ3v) is 4.36. The van der Waals surface area contributed by atoms with E-state index in [1.165, 1.54) is 4.68 Å². The molecule has 26 heavy (non-hydrogen) atoms. The first-order valence-corrected chi connectivity index (χ1v) is 8.67. The minimum absolute atomic E-state index is 0.0771. The van der Waals surface area contributed by atoms with Gasteiger partial charge in [0.05, 0.1) is 24.3 Å². The number of nitrogens with zero attached hydrogens (tertiary/aromatic N) is 5. The summed E-state index contributed by atoms with van der Waals surface area (Å²) in [6, 6.07) is 11.4. The van der Waals surface area contributed by atoms with Crippen molar-refractivity contribution in [3.63, 3.8) is 0 Å². The highest BCUT2D eigenvalue weighted by Gasteiger charge is 2.09. The Morgan fingerprint density at radius 3 is 2.85 bits per heavy atom. The molecule has 0 unspecified atom stereocenters. The summed E-state index contributed by atoms with van der Waals surface area (Å²) >= 11 is 0. The number of hydrogen-bond donors (Lipinski definition) is 1. The molecule has 7 heteroatoms. The molecular formula is C19H20N6O. The zero-order valence-corrected chi connectivity index (χ0v) is 14.8. The molecule has 132 valence electrons. The van der Waals surface area contributed by atoms with E-state index >= 15 is 0 Å². The van der Waals surface area contributed by atoms with Crippen molar-refractivity contribution in [2.45, 2.75) is 26.3 Å². The second kappa shape index (κ2) is 6.59. The molecule has 4 rings (SSSR count). The van der Waals surface area contributed by atoms with Crippen LogP contribution in [0.4, 0.5) is 5.82 Å². The molecule has 0 aliphatic carbocycles. The molecule has 1 N–H and O–H groups in total. The number of rotatable bonds is 5. The fourth-order valence-electron chi connectivity index (χ4n) is 2.93. The Bertz CT molecular complexity index is 1130. The first kappa shape index (κ1) is 16.3. The van der Waals surface area contributed by atoms with Gasteiger partial charge in [-0.15, -0.1) is 0 Å². The maximum absolute atomic E-state index is 12.5. The van der Waals surface area contributed by atoms with Gasteiger partial charge in [-0.3, -0.25) is 4.79 Å². The van der Waals surface area contributed by atoms with Crippen LogP contribution in [0.1, 0.15) is 25.5 Å². The monoisotopic (exact) mass is 348 g/mol. The van der Waals surface area contributed by atoms with E-state index in [9.17, 15) is 4.79 Å². The second-order valence-corrected chi connectivity index (χ2v) is 6.51. The van der Waals surface area contributed by atoms with Gasteiger partial charge < -0.3 is 5.32 Å². The molecule has 0 atom stereocenters. The van der Waals surface area contributed by atoms with Crippen LogP contribution in [-0.4, -0.2) is 30.9 Å². The van der Waals surface area contributed by atoms with Crippen LogP contribution >= 0.6 is 0 Å². The lowest BCUT2D eigenvalue weighted by molar-refractivity contribution is 0.603. The lowest BCUT2D eigenvalue weighted by atomic mass is 10.1. The minimum Gasteiger partial charge on any atom is -0.368 e. The molecule has 0 aliphatic heterocycles. The van der Waals surface area contributed by atoms with Crippen LogP contribution in [0.3, 0.4) is 0 Å². The molecule has 0 spiro atoms. The number of anilines is 1. The molecule has 0 saturated carbocycles. The largest absolute Gasteiger partial charge is 0.368 e. The van der Waals surface area contributed by atoms with Gasteiger partial charge in [0.1, 0.15) is 5.82 Å². The summed E-state index contributed by atoms with van der Waals surface area (Å²) in [5.41, 5.74) is 1.73. The van der Waals surface area contributed by atoms with Crippen LogP contribution in [0, 0.1) is 0 Å². The summed E-state index contributed by atoms with van der Waals surface area (Å²) in [5, 5.41) is 13.5. The van der Waals surface area contributed by atoms with Gasteiger partial charge in [-0.2, -0.15) is 14.7 Å². The van der Waals surface area contributed by atoms with Crippen LogP contribution in [0.5, 0.6) is 0 Å². The van der Waals surface area contributed by atoms with Crippen molar-refractivity contribution in [2.75, 3.05) is 11.9 Å². The smallest absolute Gasteiger partial charge is 0.274 e. The fourth-order valence-corrected chi connectivity index (χ4v) is 2.93. The summed E-state index contributed by atoms with van der Waals surface area (Å²) in [5.74, 6) is 1.18. The van der Waals surface area contributed by atoms with Crippen LogP contribution in [0.2, 0.25) is 0 Å². The maximum atomic E-state index is 12.5. The van der Waals surface area contributed by atoms with E-state index in [1.807, 2.05) is 36.4 Å². The van der Waals surface area contributed by atoms with E-state index in [-0.39, 0.29) is 5.56 Å². The Morgan fingerprint density at radius 2 is 2.00 bits per heavy atom. The number of hydrogen-bond acceptors (Lipinski definition) is 5. The summed E-state index contributed by atoms with van der Waals surface area (Å²) < 4.78 is 3.25. The number of nitrogens with one attached hydrogen (secondary N) is 1. The van der Waals surface area contributed by atoms with E-state index in [1.54, 1.807) is 16.9 Å². The molecule has 0 aliphatic rings. The summed E-state index contributed by atoms with van der Waals surface area (Å²) in [7, 11) is 0. The first-order valence-electron chi connectivity index (χ1n) is 8.67. The summed E-state index contributed by atoms with van der Waals surface area (Å²) in [4.78, 5) is 17.1. The van der Waals surface area contributed by atoms with Gasteiger partial charge in [0, 0.05) is 29.8 Å². The molecule has 0 amide bonds. The van der Waals surface area contributed by atoms with Crippen molar-refractivity contribution in [3.8, 4) is 0 Å². The van der Waals surface area contributed by atoms with Gasteiger partial charge in [0.2, 0.25) is 0 Å². The quantitative estimate of drug-likeness (QED) is 0.600. The molecule has 3 aromatic heterocycles. The van der Waals surface area contributed by atoms with E-state index < -0.39 is 0 Å². The van der Waals surface area contributed by atoms with Crippen molar-refractivity contribution in [1.29, 1.82) is 0 Å². The van der Waals surface area contributed by atoms with Gasteiger partial charge in [0.25, 0.3) is 5.56 Å². The predicted octanol–water partition coefficient (Wildman–Crippen LogP) is 2.67. The van der Waals surface area contributed by atoms with Gasteiger partial charge in [-0.1, -0.05) is 32.0 Å². The zero-order valence-electron chi connectivity index (χ0n) is 14.8. The van der Waals surface area contributed by atoms with Crippen LogP contribution < -0.4 is 10.9 Å². The van der Waals surface area contributed by atoms with E-state index in [0.29, 0.717) is 24.4 Å². The third kappa shape index (κ3) is 2.92. The lowest BCUT2D eigenvalue weighted by Gasteiger charge is -2.12. The third-order valence-electron chi connectivity index (χ3n) is 4.36. The normalized spacial score (nSPS) is 11.5. The SMILES string of the molecule is CC(C)c1cc(NCCn2ncc3ccccc3c2=O)n2nccc2n1. The first-order chi connectivity index (χ1) is 12.6. The minimum atomic E-state index is -0.0771. The molecular weight excluding hydrogens is 328 g/mol. The molecule has 0 saturated heterocycles. The van der Waals surface area contributed by atoms with Crippen molar-refractivity contribution in [3.05, 3.63) is 64.8 Å². The van der Waals surface area contributed by atoms with Crippen molar-refractivity contribution < 1.29 is 0 Å². The number of benzene rings is 1. The molecule has 7 nitrogen and oxygen atoms in total. The number of fused-ring (bicyclic) bond motifs is 2. The second-order valence-electron chi connectivity index (χ2n) is 6.51. The Hall–Kier alpha value is -3.22. The molecule has 1 aromatic carbocycles. The molecule has 0 radical (unpaired) electrons. The summed E-state index contributed by atoms with van der Waals surface area (Å²) in [6.07, 6.45) is 3.46. The van der Waals surface area contributed by atoms with Crippen molar-refractivity contribution in [2.24, 2.45) is 0 Å². The Morgan fingerprint density at radius 1 is 1.15 bits per heavy atom. The average Bonchev–Trinajstić information content (AvgIpc) is 3.12. The van der Waals surface area contributed by atoms with Crippen molar-refractivity contribution >= 4 is 22.2 Å². The van der Waals surface area contributed by atoms with Gasteiger partial charge in [-0.05, 0) is 12.0 Å². The predicted molar refractivity (Wildman–Crippen MR) is 102 cm³/mol. The van der Waals surface area contributed by atoms with Gasteiger partial charge >= 0.3 is 0 Å². The van der Waals surface area contributed by atoms with Crippen LogP contribution in [-0.2, 0) is 6.54 Å². The molecule has 0 fully saturated rings. The number of aromatic nitrogens is 5. The highest BCUT2D eigenvalue weighted by atomic mass is 16.1. The molecule has 4 aromatic rings. The van der Waals surface area contributed by atoms with E-state index in [2.05, 4.69) is 34.3 Å². The lowest BCUT2D eigenvalue weighted by Crippen LogP contribution is -2.26. The topological polar surface area (TPSA) is 77.1 Å². The molecule has 3 heterocycles. The average molecular weight is 348 g/mol. The van der Waals surface area contributed by atoms with E-state index in [4.69, 9.17) is 0 Å². The maximum Gasteiger partial charge on any atom is 0.274 e. The van der Waals surface area contributed by atoms with Crippen LogP contribution in [0.15, 0.2) is 53.6 Å². The standard InChI is InChI=1S/C19H20N6O/c1-13(2)16-11-18(25-17(23-16)7-8-21-25)20-9-10-24-19(26)15-6-4-3-5-14(15)12-22-24/h3-8,11-13,20H,9-10H2,1-2H3. The van der Waals surface area contributed by atoms with Crippen molar-refractivity contribution in [1.82, 2.24) is 24.4 Å². The Balaban J connectivity index is 1.57. The summed E-state index contributed by atoms with van der Waals surface area (Å²) in [6.45, 7) is 5.24. The van der Waals surface area contributed by atoms with Crippen LogP contribution in [0.25, 0.3) is 16.4 Å². The van der Waals surface area contributed by atoms with E-state index in [0.717, 1.165) is 22.5 Å². The highest BCUT2D eigenvalue weighted by molar-refractivity contribution is 5.80. The highest BCUT2D eigenvalue weighted by Crippen LogP contribution is 2.18. The molecule has 0 bridgehead atoms. The van der Waals surface area contributed by atoms with Gasteiger partial charge in [-0.25, -0.2) is 9.67 Å². The van der Waals surface area contributed by atoms with Gasteiger partial charge in [0.15, 0.2) is 5.65 Å².